The van der Waals surface area contributed by atoms with Crippen LogP contribution in [0.15, 0.2) is 23.1 Å². The summed E-state index contributed by atoms with van der Waals surface area (Å²) in [6, 6.07) is 4.69. The van der Waals surface area contributed by atoms with E-state index in [9.17, 15) is 8.42 Å². The van der Waals surface area contributed by atoms with Crippen molar-refractivity contribution in [1.82, 2.24) is 4.31 Å². The Morgan fingerprint density at radius 3 is 2.56 bits per heavy atom. The second kappa shape index (κ2) is 6.17. The number of sulfonamides is 1. The Hall–Kier alpha value is -1.11. The highest BCUT2D eigenvalue weighted by Crippen LogP contribution is 2.20. The van der Waals surface area contributed by atoms with Gasteiger partial charge < -0.3 is 10.8 Å². The molecular formula is C12H20N2O3S. The lowest BCUT2D eigenvalue weighted by atomic mass is 10.2. The van der Waals surface area contributed by atoms with Crippen LogP contribution in [0.4, 0.5) is 5.69 Å². The molecule has 1 rings (SSSR count). The van der Waals surface area contributed by atoms with E-state index in [-0.39, 0.29) is 11.5 Å². The first-order valence-corrected chi connectivity index (χ1v) is 7.34. The highest BCUT2D eigenvalue weighted by atomic mass is 32.2. The molecule has 5 nitrogen and oxygen atoms in total. The van der Waals surface area contributed by atoms with E-state index < -0.39 is 10.0 Å². The first-order valence-electron chi connectivity index (χ1n) is 5.90. The van der Waals surface area contributed by atoms with E-state index in [1.807, 2.05) is 0 Å². The monoisotopic (exact) mass is 272 g/mol. The maximum Gasteiger partial charge on any atom is 0.243 e. The lowest BCUT2D eigenvalue weighted by molar-refractivity contribution is 0.271. The Morgan fingerprint density at radius 1 is 1.39 bits per heavy atom. The van der Waals surface area contributed by atoms with E-state index in [1.54, 1.807) is 26.0 Å². The molecular weight excluding hydrogens is 252 g/mol. The van der Waals surface area contributed by atoms with Gasteiger partial charge in [0.25, 0.3) is 0 Å². The molecule has 0 saturated carbocycles. The van der Waals surface area contributed by atoms with Crippen molar-refractivity contribution in [3.63, 3.8) is 0 Å². The maximum absolute atomic E-state index is 12.3. The van der Waals surface area contributed by atoms with Gasteiger partial charge in [-0.15, -0.1) is 0 Å². The van der Waals surface area contributed by atoms with Gasteiger partial charge in [-0.1, -0.05) is 6.92 Å². The van der Waals surface area contributed by atoms with Gasteiger partial charge in [-0.3, -0.25) is 0 Å². The normalized spacial score (nSPS) is 12.0. The van der Waals surface area contributed by atoms with Crippen molar-refractivity contribution >= 4 is 15.7 Å². The molecule has 0 bridgehead atoms. The van der Waals surface area contributed by atoms with E-state index >= 15 is 0 Å². The van der Waals surface area contributed by atoms with Crippen molar-refractivity contribution in [2.75, 3.05) is 25.4 Å². The number of aliphatic hydroxyl groups is 1. The van der Waals surface area contributed by atoms with Crippen LogP contribution in [-0.4, -0.2) is 37.5 Å². The van der Waals surface area contributed by atoms with Crippen molar-refractivity contribution in [3.8, 4) is 0 Å². The standard InChI is InChI=1S/C12H20N2O3S/c1-3-14(7-4-8-15)18(16,17)11-5-6-12(13)10(2)9-11/h5-6,9,15H,3-4,7-8,13H2,1-2H3. The quantitative estimate of drug-likeness (QED) is 0.756. The van der Waals surface area contributed by atoms with Gasteiger partial charge >= 0.3 is 0 Å². The van der Waals surface area contributed by atoms with Crippen LogP contribution >= 0.6 is 0 Å². The van der Waals surface area contributed by atoms with Crippen LogP contribution in [0.3, 0.4) is 0 Å². The Morgan fingerprint density at radius 2 is 2.06 bits per heavy atom. The minimum atomic E-state index is -3.50. The fourth-order valence-electron chi connectivity index (χ4n) is 1.65. The number of rotatable bonds is 6. The molecule has 1 aromatic rings. The number of nitrogen functional groups attached to an aromatic ring is 1. The van der Waals surface area contributed by atoms with E-state index in [0.717, 1.165) is 5.56 Å². The van der Waals surface area contributed by atoms with Crippen LogP contribution in [0.2, 0.25) is 0 Å². The second-order valence-electron chi connectivity index (χ2n) is 4.09. The lowest BCUT2D eigenvalue weighted by Gasteiger charge is -2.20. The Bertz CT molecular complexity index is 500. The molecule has 0 saturated heterocycles. The van der Waals surface area contributed by atoms with Crippen LogP contribution in [-0.2, 0) is 10.0 Å². The largest absolute Gasteiger partial charge is 0.399 e. The summed E-state index contributed by atoms with van der Waals surface area (Å²) in [4.78, 5) is 0.244. The molecule has 0 spiro atoms. The molecule has 0 atom stereocenters. The summed E-state index contributed by atoms with van der Waals surface area (Å²) < 4.78 is 26.0. The van der Waals surface area contributed by atoms with Gasteiger partial charge in [-0.05, 0) is 37.1 Å². The van der Waals surface area contributed by atoms with Crippen molar-refractivity contribution < 1.29 is 13.5 Å². The summed E-state index contributed by atoms with van der Waals surface area (Å²) in [7, 11) is -3.50. The summed E-state index contributed by atoms with van der Waals surface area (Å²) in [5.74, 6) is 0. The summed E-state index contributed by atoms with van der Waals surface area (Å²) in [5.41, 5.74) is 7.00. The number of nitrogens with two attached hydrogens (primary N) is 1. The molecule has 1 aromatic carbocycles. The minimum absolute atomic E-state index is 0.0210. The zero-order valence-electron chi connectivity index (χ0n) is 10.8. The van der Waals surface area contributed by atoms with Crippen LogP contribution in [0.5, 0.6) is 0 Å². The van der Waals surface area contributed by atoms with Gasteiger partial charge in [0, 0.05) is 25.4 Å². The average molecular weight is 272 g/mol. The number of nitrogens with zero attached hydrogens (tertiary/aromatic N) is 1. The van der Waals surface area contributed by atoms with E-state index in [1.165, 1.54) is 10.4 Å². The Labute approximate surface area is 108 Å². The molecule has 102 valence electrons. The highest BCUT2D eigenvalue weighted by Gasteiger charge is 2.22. The third-order valence-electron chi connectivity index (χ3n) is 2.80. The first kappa shape index (κ1) is 14.9. The van der Waals surface area contributed by atoms with E-state index in [2.05, 4.69) is 0 Å². The highest BCUT2D eigenvalue weighted by molar-refractivity contribution is 7.89. The summed E-state index contributed by atoms with van der Waals surface area (Å²) >= 11 is 0. The molecule has 0 aliphatic rings. The van der Waals surface area contributed by atoms with Gasteiger partial charge in [0.1, 0.15) is 0 Å². The molecule has 0 aliphatic heterocycles. The van der Waals surface area contributed by atoms with Gasteiger partial charge in [0.2, 0.25) is 10.0 Å². The topological polar surface area (TPSA) is 83.6 Å². The molecule has 0 amide bonds. The number of hydrogen-bond donors (Lipinski definition) is 2. The van der Waals surface area contributed by atoms with E-state index in [4.69, 9.17) is 10.8 Å². The van der Waals surface area contributed by atoms with Crippen molar-refractivity contribution in [2.24, 2.45) is 0 Å². The van der Waals surface area contributed by atoms with E-state index in [0.29, 0.717) is 25.2 Å². The SMILES string of the molecule is CCN(CCCO)S(=O)(=O)c1ccc(N)c(C)c1. The Kier molecular flexibility index (Phi) is 5.13. The van der Waals surface area contributed by atoms with Crippen LogP contribution in [0.1, 0.15) is 18.9 Å². The lowest BCUT2D eigenvalue weighted by Crippen LogP contribution is -2.32. The zero-order chi connectivity index (χ0) is 13.8. The molecule has 0 radical (unpaired) electrons. The number of benzene rings is 1. The average Bonchev–Trinajstić information content (AvgIpc) is 2.33. The predicted octanol–water partition coefficient (Wildman–Crippen LogP) is 0.970. The molecule has 0 aliphatic carbocycles. The van der Waals surface area contributed by atoms with Crippen LogP contribution < -0.4 is 5.73 Å². The number of anilines is 1. The van der Waals surface area contributed by atoms with Crippen molar-refractivity contribution in [1.29, 1.82) is 0 Å². The molecule has 18 heavy (non-hydrogen) atoms. The molecule has 0 heterocycles. The number of hydrogen-bond acceptors (Lipinski definition) is 4. The fourth-order valence-corrected chi connectivity index (χ4v) is 3.23. The zero-order valence-corrected chi connectivity index (χ0v) is 11.6. The van der Waals surface area contributed by atoms with Crippen LogP contribution in [0.25, 0.3) is 0 Å². The first-order chi connectivity index (χ1) is 8.43. The molecule has 0 fully saturated rings. The van der Waals surface area contributed by atoms with Gasteiger partial charge in [0.15, 0.2) is 0 Å². The minimum Gasteiger partial charge on any atom is -0.399 e. The van der Waals surface area contributed by atoms with Crippen molar-refractivity contribution in [2.45, 2.75) is 25.2 Å². The van der Waals surface area contributed by atoms with Gasteiger partial charge in [-0.25, -0.2) is 8.42 Å². The van der Waals surface area contributed by atoms with Crippen LogP contribution in [0, 0.1) is 6.92 Å². The number of aliphatic hydroxyl groups excluding tert-OH is 1. The summed E-state index contributed by atoms with van der Waals surface area (Å²) in [6.07, 6.45) is 0.432. The summed E-state index contributed by atoms with van der Waals surface area (Å²) in [5, 5.41) is 8.79. The third-order valence-corrected chi connectivity index (χ3v) is 4.77. The maximum atomic E-state index is 12.3. The second-order valence-corrected chi connectivity index (χ2v) is 6.03. The third kappa shape index (κ3) is 3.22. The fraction of sp³-hybridized carbons (Fsp3) is 0.500. The summed E-state index contributed by atoms with van der Waals surface area (Å²) in [6.45, 7) is 4.23. The molecule has 0 unspecified atom stereocenters. The smallest absolute Gasteiger partial charge is 0.243 e. The van der Waals surface area contributed by atoms with Gasteiger partial charge in [0.05, 0.1) is 4.90 Å². The number of aryl methyl sites for hydroxylation is 1. The molecule has 0 aromatic heterocycles. The molecule has 3 N–H and O–H groups in total. The Balaban J connectivity index is 3.06. The predicted molar refractivity (Wildman–Crippen MR) is 71.7 cm³/mol. The van der Waals surface area contributed by atoms with Crippen molar-refractivity contribution in [3.05, 3.63) is 23.8 Å². The molecule has 6 heteroatoms. The van der Waals surface area contributed by atoms with Gasteiger partial charge in [-0.2, -0.15) is 4.31 Å².